The highest BCUT2D eigenvalue weighted by molar-refractivity contribution is 7.78. The number of aliphatic imine (C=N–C) groups is 1. The van der Waals surface area contributed by atoms with Crippen molar-refractivity contribution in [3.63, 3.8) is 0 Å². The largest absolute Gasteiger partial charge is 0.504 e. The van der Waals surface area contributed by atoms with Crippen molar-refractivity contribution >= 4 is 45.9 Å². The van der Waals surface area contributed by atoms with Gasteiger partial charge in [-0.3, -0.25) is 0 Å². The number of esters is 1. The van der Waals surface area contributed by atoms with Gasteiger partial charge in [-0.1, -0.05) is 18.2 Å². The van der Waals surface area contributed by atoms with E-state index in [9.17, 15) is 15.0 Å². The van der Waals surface area contributed by atoms with Crippen molar-refractivity contribution in [1.82, 2.24) is 0 Å². The molecule has 128 valence electrons. The van der Waals surface area contributed by atoms with E-state index in [4.69, 9.17) is 4.74 Å². The highest BCUT2D eigenvalue weighted by Gasteiger charge is 2.05. The molecule has 0 aliphatic carbocycles. The minimum atomic E-state index is -0.565. The smallest absolute Gasteiger partial charge is 0.336 e. The number of carbonyl (C=O) groups is 1. The van der Waals surface area contributed by atoms with Gasteiger partial charge in [0, 0.05) is 11.5 Å². The van der Waals surface area contributed by atoms with Crippen molar-refractivity contribution < 1.29 is 19.7 Å². The van der Waals surface area contributed by atoms with Gasteiger partial charge in [0.1, 0.15) is 5.75 Å². The van der Waals surface area contributed by atoms with E-state index in [1.807, 2.05) is 18.2 Å². The Labute approximate surface area is 154 Å². The summed E-state index contributed by atoms with van der Waals surface area (Å²) in [4.78, 5) is 16.0. The Hall–Kier alpha value is -3.47. The van der Waals surface area contributed by atoms with E-state index in [0.29, 0.717) is 17.0 Å². The summed E-state index contributed by atoms with van der Waals surface area (Å²) in [5.74, 6) is -0.655. The van der Waals surface area contributed by atoms with E-state index in [1.165, 1.54) is 24.3 Å². The van der Waals surface area contributed by atoms with Crippen LogP contribution in [0, 0.1) is 0 Å². The molecule has 0 saturated heterocycles. The van der Waals surface area contributed by atoms with Gasteiger partial charge >= 0.3 is 5.97 Å². The molecule has 3 aromatic rings. The topological polar surface area (TPSA) is 79.1 Å². The lowest BCUT2D eigenvalue weighted by molar-refractivity contribution is -0.128. The predicted molar refractivity (Wildman–Crippen MR) is 103 cm³/mol. The quantitative estimate of drug-likeness (QED) is 0.177. The number of hydrogen-bond acceptors (Lipinski definition) is 6. The summed E-state index contributed by atoms with van der Waals surface area (Å²) in [7, 11) is 0. The highest BCUT2D eigenvalue weighted by atomic mass is 32.1. The summed E-state index contributed by atoms with van der Waals surface area (Å²) in [5, 5.41) is 22.8. The molecule has 6 heteroatoms. The first-order chi connectivity index (χ1) is 12.6. The number of benzene rings is 3. The summed E-state index contributed by atoms with van der Waals surface area (Å²) in [6.07, 6.45) is 2.72. The van der Waals surface area contributed by atoms with Gasteiger partial charge < -0.3 is 14.9 Å². The molecule has 0 unspecified atom stereocenters. The van der Waals surface area contributed by atoms with Crippen LogP contribution < -0.4 is 4.74 Å². The van der Waals surface area contributed by atoms with Crippen molar-refractivity contribution in [2.24, 2.45) is 4.99 Å². The van der Waals surface area contributed by atoms with Crippen LogP contribution in [0.2, 0.25) is 0 Å². The number of hydrogen-bond donors (Lipinski definition) is 2. The number of phenolic OH excluding ortho intramolecular Hbond substituents is 2. The molecule has 0 atom stereocenters. The number of aromatic hydroxyl groups is 2. The first kappa shape index (κ1) is 17.4. The maximum atomic E-state index is 12.0. The van der Waals surface area contributed by atoms with E-state index >= 15 is 0 Å². The van der Waals surface area contributed by atoms with Crippen LogP contribution in [-0.2, 0) is 4.79 Å². The standard InChI is InChI=1S/C20H13NO4S/c22-18-8-4-13(10-19(18)23)5-9-20(24)25-15-6-7-16-14(11-15)2-1-3-17(16)21-12-26/h1-11,22-23H/b9-5+. The lowest BCUT2D eigenvalue weighted by Gasteiger charge is -2.05. The zero-order valence-electron chi connectivity index (χ0n) is 13.4. The normalized spacial score (nSPS) is 10.6. The van der Waals surface area contributed by atoms with Crippen molar-refractivity contribution in [2.45, 2.75) is 0 Å². The number of nitrogens with zero attached hydrogens (tertiary/aromatic N) is 1. The van der Waals surface area contributed by atoms with Crippen LogP contribution in [0.5, 0.6) is 17.2 Å². The Kier molecular flexibility index (Phi) is 5.08. The van der Waals surface area contributed by atoms with Gasteiger partial charge in [0.15, 0.2) is 11.5 Å². The lowest BCUT2D eigenvalue weighted by atomic mass is 10.1. The number of rotatable bonds is 4. The van der Waals surface area contributed by atoms with E-state index in [2.05, 4.69) is 22.4 Å². The molecule has 0 bridgehead atoms. The second-order valence-electron chi connectivity index (χ2n) is 5.37. The SMILES string of the molecule is O=C(/C=C/c1ccc(O)c(O)c1)Oc1ccc2c(N=C=S)cccc2c1. The van der Waals surface area contributed by atoms with Crippen molar-refractivity contribution in [3.8, 4) is 17.2 Å². The third-order valence-electron chi connectivity index (χ3n) is 3.62. The van der Waals surface area contributed by atoms with E-state index in [-0.39, 0.29) is 11.5 Å². The van der Waals surface area contributed by atoms with Crippen molar-refractivity contribution in [2.75, 3.05) is 0 Å². The van der Waals surface area contributed by atoms with Crippen molar-refractivity contribution in [1.29, 1.82) is 0 Å². The van der Waals surface area contributed by atoms with Crippen LogP contribution >= 0.6 is 12.2 Å². The molecule has 0 saturated carbocycles. The van der Waals surface area contributed by atoms with Gasteiger partial charge in [0.25, 0.3) is 0 Å². The molecule has 0 aromatic heterocycles. The molecule has 2 N–H and O–H groups in total. The molecule has 5 nitrogen and oxygen atoms in total. The highest BCUT2D eigenvalue weighted by Crippen LogP contribution is 2.29. The third kappa shape index (κ3) is 3.95. The Morgan fingerprint density at radius 1 is 1.08 bits per heavy atom. The number of ether oxygens (including phenoxy) is 1. The van der Waals surface area contributed by atoms with Gasteiger partial charge in [-0.2, -0.15) is 4.99 Å². The zero-order chi connectivity index (χ0) is 18.5. The average Bonchev–Trinajstić information content (AvgIpc) is 2.63. The molecule has 3 aromatic carbocycles. The predicted octanol–water partition coefficient (Wildman–Crippen LogP) is 4.60. The Bertz CT molecular complexity index is 1070. The number of phenols is 2. The van der Waals surface area contributed by atoms with Gasteiger partial charge in [-0.05, 0) is 65.6 Å². The maximum absolute atomic E-state index is 12.0. The first-order valence-corrected chi connectivity index (χ1v) is 8.00. The van der Waals surface area contributed by atoms with E-state index in [1.54, 1.807) is 24.3 Å². The summed E-state index contributed by atoms with van der Waals surface area (Å²) in [5.41, 5.74) is 1.25. The number of carbonyl (C=O) groups excluding carboxylic acids is 1. The zero-order valence-corrected chi connectivity index (χ0v) is 14.2. The van der Waals surface area contributed by atoms with Gasteiger partial charge in [-0.15, -0.1) is 0 Å². The number of isothiocyanates is 1. The van der Waals surface area contributed by atoms with Crippen LogP contribution in [0.3, 0.4) is 0 Å². The summed E-state index contributed by atoms with van der Waals surface area (Å²) < 4.78 is 5.29. The fraction of sp³-hybridized carbons (Fsp3) is 0. The summed E-state index contributed by atoms with van der Waals surface area (Å²) >= 11 is 4.64. The van der Waals surface area contributed by atoms with Crippen molar-refractivity contribution in [3.05, 3.63) is 66.2 Å². The minimum Gasteiger partial charge on any atom is -0.504 e. The Balaban J connectivity index is 1.77. The monoisotopic (exact) mass is 363 g/mol. The molecular weight excluding hydrogens is 350 g/mol. The fourth-order valence-corrected chi connectivity index (χ4v) is 2.51. The molecule has 0 radical (unpaired) electrons. The summed E-state index contributed by atoms with van der Waals surface area (Å²) in [6, 6.07) is 15.0. The molecule has 0 fully saturated rings. The van der Waals surface area contributed by atoms with Crippen LogP contribution in [-0.4, -0.2) is 21.3 Å². The second-order valence-corrected chi connectivity index (χ2v) is 5.55. The van der Waals surface area contributed by atoms with Crippen LogP contribution in [0.15, 0.2) is 65.7 Å². The second kappa shape index (κ2) is 7.61. The van der Waals surface area contributed by atoms with E-state index in [0.717, 1.165) is 10.8 Å². The van der Waals surface area contributed by atoms with Crippen LogP contribution in [0.4, 0.5) is 5.69 Å². The molecule has 3 rings (SSSR count). The molecule has 0 aliphatic rings. The van der Waals surface area contributed by atoms with Gasteiger partial charge in [0.05, 0.1) is 10.8 Å². The maximum Gasteiger partial charge on any atom is 0.336 e. The van der Waals surface area contributed by atoms with Gasteiger partial charge in [0.2, 0.25) is 0 Å². The minimum absolute atomic E-state index is 0.224. The van der Waals surface area contributed by atoms with Crippen LogP contribution in [0.1, 0.15) is 5.56 Å². The Morgan fingerprint density at radius 3 is 2.69 bits per heavy atom. The van der Waals surface area contributed by atoms with Gasteiger partial charge in [-0.25, -0.2) is 4.79 Å². The molecule has 0 spiro atoms. The number of thiocarbonyl (C=S) groups is 1. The van der Waals surface area contributed by atoms with Crippen LogP contribution in [0.25, 0.3) is 16.8 Å². The average molecular weight is 363 g/mol. The third-order valence-corrected chi connectivity index (χ3v) is 3.72. The van der Waals surface area contributed by atoms with E-state index < -0.39 is 5.97 Å². The molecule has 0 amide bonds. The number of fused-ring (bicyclic) bond motifs is 1. The summed E-state index contributed by atoms with van der Waals surface area (Å²) in [6.45, 7) is 0. The first-order valence-electron chi connectivity index (χ1n) is 7.59. The fourth-order valence-electron chi connectivity index (χ4n) is 2.41. The Morgan fingerprint density at radius 2 is 1.92 bits per heavy atom. The molecule has 0 aliphatic heterocycles. The molecule has 0 heterocycles. The molecular formula is C20H13NO4S. The lowest BCUT2D eigenvalue weighted by Crippen LogP contribution is -2.03. The molecule has 26 heavy (non-hydrogen) atoms.